The number of thiophene rings is 1. The molecule has 21 heavy (non-hydrogen) atoms. The molecule has 2 N–H and O–H groups in total. The van der Waals surface area contributed by atoms with Gasteiger partial charge in [-0.1, -0.05) is 19.9 Å². The average Bonchev–Trinajstić information content (AvgIpc) is 3.13. The number of hydrogen-bond donors (Lipinski definition) is 2. The van der Waals surface area contributed by atoms with Crippen molar-refractivity contribution < 1.29 is 14.0 Å². The molecule has 0 bridgehead atoms. The Hall–Kier alpha value is -2.08. The lowest BCUT2D eigenvalue weighted by molar-refractivity contribution is -0.121. The second-order valence-corrected chi connectivity index (χ2v) is 5.94. The van der Waals surface area contributed by atoms with E-state index >= 15 is 0 Å². The Labute approximate surface area is 127 Å². The summed E-state index contributed by atoms with van der Waals surface area (Å²) in [6.07, 6.45) is 1.42. The number of hydrogen-bond acceptors (Lipinski definition) is 4. The maximum Gasteiger partial charge on any atom is 0.287 e. The fourth-order valence-corrected chi connectivity index (χ4v) is 2.86. The second kappa shape index (κ2) is 7.08. The van der Waals surface area contributed by atoms with Crippen LogP contribution in [0.15, 0.2) is 40.3 Å². The largest absolute Gasteiger partial charge is 0.459 e. The van der Waals surface area contributed by atoms with Crippen LogP contribution in [0.1, 0.15) is 35.3 Å². The van der Waals surface area contributed by atoms with E-state index in [0.29, 0.717) is 0 Å². The zero-order valence-electron chi connectivity index (χ0n) is 12.0. The third-order valence-corrected chi connectivity index (χ3v) is 3.94. The summed E-state index contributed by atoms with van der Waals surface area (Å²) in [5, 5.41) is 7.46. The number of rotatable bonds is 6. The van der Waals surface area contributed by atoms with Gasteiger partial charge in [-0.15, -0.1) is 11.3 Å². The number of carbonyl (C=O) groups is 2. The minimum absolute atomic E-state index is 0.0435. The molecule has 0 saturated carbocycles. The minimum atomic E-state index is -0.396. The minimum Gasteiger partial charge on any atom is -0.459 e. The van der Waals surface area contributed by atoms with Crippen LogP contribution in [0, 0.1) is 5.92 Å². The maximum atomic E-state index is 12.0. The summed E-state index contributed by atoms with van der Waals surface area (Å²) >= 11 is 1.61. The Morgan fingerprint density at radius 3 is 2.67 bits per heavy atom. The molecule has 0 spiro atoms. The maximum absolute atomic E-state index is 12.0. The second-order valence-electron chi connectivity index (χ2n) is 4.96. The summed E-state index contributed by atoms with van der Waals surface area (Å²) in [5.41, 5.74) is 0. The molecular formula is C15H18N2O3S. The standard InChI is InChI=1S/C15H18N2O3S/c1-10(2)14(12-6-4-8-21-12)17-13(18)9-16-15(19)11-5-3-7-20-11/h3-8,10,14H,9H2,1-2H3,(H,16,19)(H,17,18)/t14-/m1/s1. The molecule has 0 unspecified atom stereocenters. The molecule has 2 aromatic heterocycles. The van der Waals surface area contributed by atoms with E-state index in [1.807, 2.05) is 31.4 Å². The van der Waals surface area contributed by atoms with Crippen LogP contribution in [-0.2, 0) is 4.79 Å². The molecule has 0 aliphatic carbocycles. The Morgan fingerprint density at radius 1 is 1.29 bits per heavy atom. The van der Waals surface area contributed by atoms with Gasteiger partial charge in [0.1, 0.15) is 0 Å². The van der Waals surface area contributed by atoms with Gasteiger partial charge in [-0.25, -0.2) is 0 Å². The summed E-state index contributed by atoms with van der Waals surface area (Å²) in [7, 11) is 0. The predicted molar refractivity (Wildman–Crippen MR) is 81.1 cm³/mol. The Morgan fingerprint density at radius 2 is 2.10 bits per heavy atom. The van der Waals surface area contributed by atoms with E-state index in [1.165, 1.54) is 6.26 Å². The summed E-state index contributed by atoms with van der Waals surface area (Å²) in [6, 6.07) is 7.09. The monoisotopic (exact) mass is 306 g/mol. The highest BCUT2D eigenvalue weighted by molar-refractivity contribution is 7.10. The zero-order valence-corrected chi connectivity index (χ0v) is 12.8. The van der Waals surface area contributed by atoms with Crippen molar-refractivity contribution >= 4 is 23.2 Å². The van der Waals surface area contributed by atoms with Crippen LogP contribution in [0.2, 0.25) is 0 Å². The van der Waals surface area contributed by atoms with Crippen molar-refractivity contribution in [2.75, 3.05) is 6.54 Å². The molecule has 5 nitrogen and oxygen atoms in total. The molecule has 2 aromatic rings. The first-order valence-corrected chi connectivity index (χ1v) is 7.60. The molecule has 2 rings (SSSR count). The lowest BCUT2D eigenvalue weighted by Crippen LogP contribution is -2.39. The van der Waals surface area contributed by atoms with Crippen LogP contribution in [-0.4, -0.2) is 18.4 Å². The quantitative estimate of drug-likeness (QED) is 0.861. The van der Waals surface area contributed by atoms with Crippen molar-refractivity contribution in [1.82, 2.24) is 10.6 Å². The Bertz CT molecular complexity index is 576. The summed E-state index contributed by atoms with van der Waals surface area (Å²) in [6.45, 7) is 4.02. The molecule has 0 radical (unpaired) electrons. The lowest BCUT2D eigenvalue weighted by atomic mass is 10.0. The molecule has 0 aromatic carbocycles. The lowest BCUT2D eigenvalue weighted by Gasteiger charge is -2.21. The van der Waals surface area contributed by atoms with Crippen LogP contribution in [0.4, 0.5) is 0 Å². The molecule has 1 atom stereocenters. The number of nitrogens with one attached hydrogen (secondary N) is 2. The highest BCUT2D eigenvalue weighted by Gasteiger charge is 2.19. The zero-order chi connectivity index (χ0) is 15.2. The van der Waals surface area contributed by atoms with Gasteiger partial charge in [0.25, 0.3) is 5.91 Å². The van der Waals surface area contributed by atoms with Gasteiger partial charge in [0.2, 0.25) is 5.91 Å². The fraction of sp³-hybridized carbons (Fsp3) is 0.333. The molecule has 2 heterocycles. The van der Waals surface area contributed by atoms with E-state index in [1.54, 1.807) is 23.5 Å². The van der Waals surface area contributed by atoms with E-state index in [-0.39, 0.29) is 30.2 Å². The van der Waals surface area contributed by atoms with Crippen LogP contribution >= 0.6 is 11.3 Å². The molecule has 0 aliphatic heterocycles. The highest BCUT2D eigenvalue weighted by atomic mass is 32.1. The highest BCUT2D eigenvalue weighted by Crippen LogP contribution is 2.25. The van der Waals surface area contributed by atoms with Crippen molar-refractivity contribution in [2.45, 2.75) is 19.9 Å². The molecule has 112 valence electrons. The summed E-state index contributed by atoms with van der Waals surface area (Å²) < 4.78 is 4.96. The Kier molecular flexibility index (Phi) is 5.16. The topological polar surface area (TPSA) is 71.3 Å². The first kappa shape index (κ1) is 15.3. The van der Waals surface area contributed by atoms with E-state index in [9.17, 15) is 9.59 Å². The van der Waals surface area contributed by atoms with Crippen molar-refractivity contribution in [3.05, 3.63) is 46.5 Å². The van der Waals surface area contributed by atoms with Gasteiger partial charge < -0.3 is 15.1 Å². The number of furan rings is 1. The average molecular weight is 306 g/mol. The first-order valence-electron chi connectivity index (χ1n) is 6.72. The van der Waals surface area contributed by atoms with Gasteiger partial charge in [-0.2, -0.15) is 0 Å². The van der Waals surface area contributed by atoms with Crippen molar-refractivity contribution in [1.29, 1.82) is 0 Å². The SMILES string of the molecule is CC(C)[C@@H](NC(=O)CNC(=O)c1ccco1)c1cccs1. The van der Waals surface area contributed by atoms with Crippen molar-refractivity contribution in [3.63, 3.8) is 0 Å². The summed E-state index contributed by atoms with van der Waals surface area (Å²) in [5.74, 6) is -0.149. The van der Waals surface area contributed by atoms with E-state index in [0.717, 1.165) is 4.88 Å². The smallest absolute Gasteiger partial charge is 0.287 e. The van der Waals surface area contributed by atoms with E-state index in [2.05, 4.69) is 10.6 Å². The van der Waals surface area contributed by atoms with Gasteiger partial charge in [0.15, 0.2) is 5.76 Å². The van der Waals surface area contributed by atoms with Crippen molar-refractivity contribution in [2.24, 2.45) is 5.92 Å². The normalized spacial score (nSPS) is 12.1. The van der Waals surface area contributed by atoms with E-state index in [4.69, 9.17) is 4.42 Å². The van der Waals surface area contributed by atoms with Crippen molar-refractivity contribution in [3.8, 4) is 0 Å². The van der Waals surface area contributed by atoms with Crippen LogP contribution in [0.5, 0.6) is 0 Å². The molecule has 0 saturated heterocycles. The van der Waals surface area contributed by atoms with E-state index < -0.39 is 5.91 Å². The summed E-state index contributed by atoms with van der Waals surface area (Å²) in [4.78, 5) is 24.8. The first-order chi connectivity index (χ1) is 10.1. The van der Waals surface area contributed by atoms with Crippen LogP contribution in [0.25, 0.3) is 0 Å². The molecule has 2 amide bonds. The van der Waals surface area contributed by atoms with Crippen LogP contribution in [0.3, 0.4) is 0 Å². The third-order valence-electron chi connectivity index (χ3n) is 2.99. The predicted octanol–water partition coefficient (Wildman–Crippen LogP) is 2.58. The molecule has 0 fully saturated rings. The van der Waals surface area contributed by atoms with Gasteiger partial charge >= 0.3 is 0 Å². The molecule has 0 aliphatic rings. The molecular weight excluding hydrogens is 288 g/mol. The van der Waals surface area contributed by atoms with Gasteiger partial charge in [0, 0.05) is 4.88 Å². The van der Waals surface area contributed by atoms with Gasteiger partial charge in [-0.3, -0.25) is 9.59 Å². The van der Waals surface area contributed by atoms with Gasteiger partial charge in [-0.05, 0) is 29.5 Å². The molecule has 6 heteroatoms. The van der Waals surface area contributed by atoms with Crippen LogP contribution < -0.4 is 10.6 Å². The number of carbonyl (C=O) groups excluding carboxylic acids is 2. The Balaban J connectivity index is 1.87. The fourth-order valence-electron chi connectivity index (χ4n) is 1.91. The number of amides is 2. The van der Waals surface area contributed by atoms with Gasteiger partial charge in [0.05, 0.1) is 18.8 Å². The third kappa shape index (κ3) is 4.19.